The number of methoxy groups -OCH3 is 3. The summed E-state index contributed by atoms with van der Waals surface area (Å²) in [4.78, 5) is 15.5. The lowest BCUT2D eigenvalue weighted by Gasteiger charge is -2.36. The first-order valence-electron chi connectivity index (χ1n) is 8.45. The fourth-order valence-corrected chi connectivity index (χ4v) is 3.07. The van der Waals surface area contributed by atoms with Gasteiger partial charge in [0, 0.05) is 31.7 Å². The number of hydrogen-bond acceptors (Lipinski definition) is 7. The van der Waals surface area contributed by atoms with Gasteiger partial charge in [-0.1, -0.05) is 0 Å². The van der Waals surface area contributed by atoms with Crippen molar-refractivity contribution in [2.45, 2.75) is 13.0 Å². The molecule has 0 saturated carbocycles. The van der Waals surface area contributed by atoms with E-state index in [9.17, 15) is 10.1 Å². The molecule has 0 aromatic heterocycles. The highest BCUT2D eigenvalue weighted by Crippen LogP contribution is 2.43. The second kappa shape index (κ2) is 10.7. The minimum atomic E-state index is -0.519. The Balaban J connectivity index is 0.00000364. The van der Waals surface area contributed by atoms with Crippen LogP contribution in [0.2, 0.25) is 0 Å². The average Bonchev–Trinajstić information content (AvgIpc) is 2.68. The van der Waals surface area contributed by atoms with Crippen molar-refractivity contribution in [1.29, 1.82) is 5.26 Å². The Morgan fingerprint density at radius 3 is 2.22 bits per heavy atom. The Morgan fingerprint density at radius 1 is 1.11 bits per heavy atom. The van der Waals surface area contributed by atoms with E-state index >= 15 is 0 Å². The topological polar surface area (TPSA) is 84.3 Å². The molecule has 1 fully saturated rings. The van der Waals surface area contributed by atoms with Gasteiger partial charge in [0.2, 0.25) is 5.75 Å². The molecule has 9 heteroatoms. The van der Waals surface area contributed by atoms with E-state index in [0.717, 1.165) is 0 Å². The van der Waals surface area contributed by atoms with Gasteiger partial charge in [-0.05, 0) is 19.1 Å². The zero-order valence-corrected chi connectivity index (χ0v) is 16.9. The molecule has 1 saturated heterocycles. The molecule has 1 aliphatic rings. The predicted octanol–water partition coefficient (Wildman–Crippen LogP) is 2.47. The highest BCUT2D eigenvalue weighted by Gasteiger charge is 2.31. The van der Waals surface area contributed by atoms with Crippen LogP contribution in [0.4, 0.5) is 4.79 Å². The predicted molar refractivity (Wildman–Crippen MR) is 102 cm³/mol. The van der Waals surface area contributed by atoms with Crippen molar-refractivity contribution in [1.82, 2.24) is 9.80 Å². The standard InChI is InChI=1S/C18H25N3O5.ClH/c1-5-26-18(22)21-10-8-20(9-11-21)14(12-19)13-6-7-15(23-2)17(25-4)16(13)24-3;/h6-7,14H,5,8-11H2,1-4H3;1H. The first-order valence-corrected chi connectivity index (χ1v) is 8.45. The molecule has 8 nitrogen and oxygen atoms in total. The summed E-state index contributed by atoms with van der Waals surface area (Å²) in [6.45, 7) is 4.27. The maximum Gasteiger partial charge on any atom is 0.409 e. The number of nitrogens with zero attached hydrogens (tertiary/aromatic N) is 3. The van der Waals surface area contributed by atoms with Gasteiger partial charge in [-0.2, -0.15) is 5.26 Å². The fraction of sp³-hybridized carbons (Fsp3) is 0.556. The van der Waals surface area contributed by atoms with Gasteiger partial charge in [-0.3, -0.25) is 4.90 Å². The van der Waals surface area contributed by atoms with Gasteiger partial charge >= 0.3 is 6.09 Å². The van der Waals surface area contributed by atoms with E-state index in [-0.39, 0.29) is 18.5 Å². The number of carbonyl (C=O) groups is 1. The Kier molecular flexibility index (Phi) is 8.98. The number of halogens is 1. The summed E-state index contributed by atoms with van der Waals surface area (Å²) in [5.41, 5.74) is 0.706. The minimum absolute atomic E-state index is 0. The van der Waals surface area contributed by atoms with Crippen LogP contribution in [-0.2, 0) is 4.74 Å². The molecule has 0 bridgehead atoms. The molecule has 27 heavy (non-hydrogen) atoms. The average molecular weight is 400 g/mol. The quantitative estimate of drug-likeness (QED) is 0.726. The van der Waals surface area contributed by atoms with Crippen LogP contribution in [0.3, 0.4) is 0 Å². The zero-order valence-electron chi connectivity index (χ0n) is 16.1. The minimum Gasteiger partial charge on any atom is -0.493 e. The van der Waals surface area contributed by atoms with E-state index < -0.39 is 6.04 Å². The number of amides is 1. The molecular formula is C18H26ClN3O5. The van der Waals surface area contributed by atoms with Crippen LogP contribution in [0.25, 0.3) is 0 Å². The molecule has 1 amide bonds. The van der Waals surface area contributed by atoms with E-state index in [2.05, 4.69) is 6.07 Å². The summed E-state index contributed by atoms with van der Waals surface area (Å²) in [5, 5.41) is 9.78. The molecule has 1 aromatic rings. The maximum atomic E-state index is 11.8. The molecule has 0 N–H and O–H groups in total. The molecule has 1 aliphatic heterocycles. The van der Waals surface area contributed by atoms with Gasteiger partial charge in [0.05, 0.1) is 34.0 Å². The van der Waals surface area contributed by atoms with Crippen molar-refractivity contribution in [3.8, 4) is 23.3 Å². The Hall–Kier alpha value is -2.37. The van der Waals surface area contributed by atoms with Crippen molar-refractivity contribution >= 4 is 18.5 Å². The van der Waals surface area contributed by atoms with Gasteiger partial charge in [0.1, 0.15) is 6.04 Å². The number of carbonyl (C=O) groups excluding carboxylic acids is 1. The van der Waals surface area contributed by atoms with Crippen LogP contribution in [0.15, 0.2) is 12.1 Å². The maximum absolute atomic E-state index is 11.8. The summed E-state index contributed by atoms with van der Waals surface area (Å²) in [7, 11) is 4.62. The number of hydrogen-bond donors (Lipinski definition) is 0. The Labute approximate surface area is 165 Å². The Bertz CT molecular complexity index is 672. The molecule has 0 radical (unpaired) electrons. The molecule has 150 valence electrons. The van der Waals surface area contributed by atoms with Crippen LogP contribution < -0.4 is 14.2 Å². The fourth-order valence-electron chi connectivity index (χ4n) is 3.07. The van der Waals surface area contributed by atoms with Crippen LogP contribution >= 0.6 is 12.4 Å². The van der Waals surface area contributed by atoms with Gasteiger partial charge < -0.3 is 23.8 Å². The molecular weight excluding hydrogens is 374 g/mol. The Morgan fingerprint density at radius 2 is 1.74 bits per heavy atom. The molecule has 1 atom stereocenters. The summed E-state index contributed by atoms with van der Waals surface area (Å²) in [6.07, 6.45) is -0.315. The third kappa shape index (κ3) is 4.87. The third-order valence-corrected chi connectivity index (χ3v) is 4.36. The van der Waals surface area contributed by atoms with Gasteiger partial charge in [0.25, 0.3) is 0 Å². The number of piperazine rings is 1. The number of ether oxygens (including phenoxy) is 4. The van der Waals surface area contributed by atoms with E-state index in [1.807, 2.05) is 11.0 Å². The second-order valence-electron chi connectivity index (χ2n) is 5.68. The summed E-state index contributed by atoms with van der Waals surface area (Å²) >= 11 is 0. The lowest BCUT2D eigenvalue weighted by Crippen LogP contribution is -2.49. The molecule has 0 aliphatic carbocycles. The SMILES string of the molecule is CCOC(=O)N1CCN(C(C#N)c2ccc(OC)c(OC)c2OC)CC1.Cl. The highest BCUT2D eigenvalue weighted by atomic mass is 35.5. The van der Waals surface area contributed by atoms with Crippen LogP contribution in [-0.4, -0.2) is 70.0 Å². The molecule has 2 rings (SSSR count). The van der Waals surface area contributed by atoms with Gasteiger partial charge in [-0.25, -0.2) is 4.79 Å². The van der Waals surface area contributed by atoms with E-state index in [0.29, 0.717) is 55.6 Å². The lowest BCUT2D eigenvalue weighted by atomic mass is 10.0. The van der Waals surface area contributed by atoms with E-state index in [4.69, 9.17) is 18.9 Å². The number of benzene rings is 1. The summed E-state index contributed by atoms with van der Waals surface area (Å²) < 4.78 is 21.2. The van der Waals surface area contributed by atoms with E-state index in [1.165, 1.54) is 14.2 Å². The van der Waals surface area contributed by atoms with Crippen LogP contribution in [0, 0.1) is 11.3 Å². The highest BCUT2D eigenvalue weighted by molar-refractivity contribution is 5.85. The molecule has 1 aromatic carbocycles. The monoisotopic (exact) mass is 399 g/mol. The summed E-state index contributed by atoms with van der Waals surface area (Å²) in [6, 6.07) is 5.39. The van der Waals surface area contributed by atoms with Gasteiger partial charge in [0.15, 0.2) is 11.5 Å². The molecule has 1 heterocycles. The van der Waals surface area contributed by atoms with Crippen molar-refractivity contribution in [2.24, 2.45) is 0 Å². The first kappa shape index (κ1) is 22.7. The third-order valence-electron chi connectivity index (χ3n) is 4.36. The second-order valence-corrected chi connectivity index (χ2v) is 5.68. The number of nitriles is 1. The van der Waals surface area contributed by atoms with Crippen LogP contribution in [0.1, 0.15) is 18.5 Å². The molecule has 0 spiro atoms. The normalized spacial score (nSPS) is 15.1. The summed E-state index contributed by atoms with van der Waals surface area (Å²) in [5.74, 6) is 1.47. The number of rotatable bonds is 6. The van der Waals surface area contributed by atoms with Crippen molar-refractivity contribution in [3.63, 3.8) is 0 Å². The smallest absolute Gasteiger partial charge is 0.409 e. The van der Waals surface area contributed by atoms with Crippen molar-refractivity contribution in [3.05, 3.63) is 17.7 Å². The van der Waals surface area contributed by atoms with Crippen LogP contribution in [0.5, 0.6) is 17.2 Å². The zero-order chi connectivity index (χ0) is 19.1. The largest absolute Gasteiger partial charge is 0.493 e. The van der Waals surface area contributed by atoms with Gasteiger partial charge in [-0.15, -0.1) is 12.4 Å². The van der Waals surface area contributed by atoms with Crippen molar-refractivity contribution < 1.29 is 23.7 Å². The molecule has 1 unspecified atom stereocenters. The van der Waals surface area contributed by atoms with E-state index in [1.54, 1.807) is 25.0 Å². The van der Waals surface area contributed by atoms with Crippen molar-refractivity contribution in [2.75, 3.05) is 54.1 Å². The lowest BCUT2D eigenvalue weighted by molar-refractivity contribution is 0.0729. The first-order chi connectivity index (χ1) is 12.6.